The summed E-state index contributed by atoms with van der Waals surface area (Å²) in [5.74, 6) is 0.841. The highest BCUT2D eigenvalue weighted by atomic mass is 16.5. The number of aromatic nitrogens is 1. The van der Waals surface area contributed by atoms with Gasteiger partial charge in [-0.3, -0.25) is 9.78 Å². The Labute approximate surface area is 90.5 Å². The van der Waals surface area contributed by atoms with Gasteiger partial charge >= 0.3 is 0 Å². The lowest BCUT2D eigenvalue weighted by Gasteiger charge is -1.95. The van der Waals surface area contributed by atoms with Gasteiger partial charge in [0.25, 0.3) is 6.47 Å². The van der Waals surface area contributed by atoms with Crippen molar-refractivity contribution in [2.24, 2.45) is 0 Å². The van der Waals surface area contributed by atoms with Gasteiger partial charge in [0.05, 0.1) is 6.61 Å². The zero-order chi connectivity index (χ0) is 11.1. The summed E-state index contributed by atoms with van der Waals surface area (Å²) in [5.41, 5.74) is 2.54. The molecule has 3 nitrogen and oxygen atoms in total. The van der Waals surface area contributed by atoms with Crippen molar-refractivity contribution >= 4 is 6.47 Å². The molecule has 0 N–H and O–H groups in total. The van der Waals surface area contributed by atoms with Crippen LogP contribution in [0.3, 0.4) is 0 Å². The van der Waals surface area contributed by atoms with Crippen molar-refractivity contribution in [1.82, 2.24) is 4.98 Å². The van der Waals surface area contributed by atoms with Crippen molar-refractivity contribution in [2.75, 3.05) is 6.61 Å². The van der Waals surface area contributed by atoms with Crippen LogP contribution >= 0.6 is 0 Å². The number of ether oxygens (including phenoxy) is 1. The average molecular weight is 207 g/mol. The van der Waals surface area contributed by atoms with Crippen LogP contribution in [0.1, 0.15) is 36.9 Å². The highest BCUT2D eigenvalue weighted by molar-refractivity contribution is 5.36. The number of carbonyl (C=O) groups excluding carboxylic acids is 1. The number of hydrogen-bond acceptors (Lipinski definition) is 3. The van der Waals surface area contributed by atoms with E-state index in [0.29, 0.717) is 13.1 Å². The van der Waals surface area contributed by atoms with Crippen molar-refractivity contribution in [2.45, 2.75) is 32.6 Å². The highest BCUT2D eigenvalue weighted by Crippen LogP contribution is 2.39. The van der Waals surface area contributed by atoms with Gasteiger partial charge in [-0.25, -0.2) is 0 Å². The minimum absolute atomic E-state index is 0.431. The van der Waals surface area contributed by atoms with E-state index in [-0.39, 0.29) is 0 Å². The van der Waals surface area contributed by atoms with E-state index in [9.17, 15) is 4.79 Å². The predicted octanol–water partition coefficient (Wildman–Crippen LogP) is 2.45. The van der Waals surface area contributed by atoms with Gasteiger partial charge in [0, 0.05) is 11.9 Å². The lowest BCUT2D eigenvalue weighted by atomic mass is 10.2. The van der Waals surface area contributed by atoms with Gasteiger partial charge in [0.2, 0.25) is 0 Å². The summed E-state index contributed by atoms with van der Waals surface area (Å²) in [6.07, 6.45) is 4.74. The summed E-state index contributed by atoms with van der Waals surface area (Å²) in [7, 11) is 0. The van der Waals surface area contributed by atoms with Crippen LogP contribution in [0.5, 0.6) is 0 Å². The van der Waals surface area contributed by atoms with Gasteiger partial charge in [0.15, 0.2) is 0 Å². The van der Waals surface area contributed by atoms with E-state index < -0.39 is 0 Å². The van der Waals surface area contributed by atoms with E-state index in [2.05, 4.69) is 21.9 Å². The highest BCUT2D eigenvalue weighted by Gasteiger charge is 2.23. The number of rotatable bonds is 3. The molecule has 0 amide bonds. The van der Waals surface area contributed by atoms with Crippen molar-refractivity contribution in [1.29, 1.82) is 0 Å². The molecule has 1 saturated carbocycles. The second-order valence-electron chi connectivity index (χ2n) is 3.56. The smallest absolute Gasteiger partial charge is 0.293 e. The summed E-state index contributed by atoms with van der Waals surface area (Å²) in [4.78, 5) is 13.4. The fraction of sp³-hybridized carbons (Fsp3) is 0.500. The second kappa shape index (κ2) is 6.17. The summed E-state index contributed by atoms with van der Waals surface area (Å²) >= 11 is 0. The first-order valence-corrected chi connectivity index (χ1v) is 5.25. The third-order valence-corrected chi connectivity index (χ3v) is 2.22. The van der Waals surface area contributed by atoms with Crippen molar-refractivity contribution < 1.29 is 9.53 Å². The molecular formula is C12H17NO2. The van der Waals surface area contributed by atoms with E-state index >= 15 is 0 Å². The molecule has 0 spiro atoms. The Balaban J connectivity index is 0.000000195. The minimum Gasteiger partial charge on any atom is -0.468 e. The van der Waals surface area contributed by atoms with E-state index in [0.717, 1.165) is 11.6 Å². The van der Waals surface area contributed by atoms with Gasteiger partial charge in [-0.05, 0) is 44.2 Å². The van der Waals surface area contributed by atoms with E-state index in [1.54, 1.807) is 6.92 Å². The molecule has 1 aliphatic rings. The Kier molecular flexibility index (Phi) is 4.81. The molecule has 0 bridgehead atoms. The molecule has 0 atom stereocenters. The Morgan fingerprint density at radius 3 is 2.60 bits per heavy atom. The van der Waals surface area contributed by atoms with Crippen LogP contribution in [0.2, 0.25) is 0 Å². The molecule has 0 aliphatic heterocycles. The van der Waals surface area contributed by atoms with Crippen molar-refractivity contribution in [3.8, 4) is 0 Å². The molecule has 1 aromatic rings. The first-order chi connectivity index (χ1) is 7.27. The quantitative estimate of drug-likeness (QED) is 0.715. The van der Waals surface area contributed by atoms with Gasteiger partial charge < -0.3 is 4.74 Å². The molecule has 2 rings (SSSR count). The zero-order valence-electron chi connectivity index (χ0n) is 9.27. The maximum atomic E-state index is 9.18. The molecule has 1 aromatic heterocycles. The molecule has 0 unspecified atom stereocenters. The predicted molar refractivity (Wildman–Crippen MR) is 58.6 cm³/mol. The van der Waals surface area contributed by atoms with Gasteiger partial charge in [-0.2, -0.15) is 0 Å². The fourth-order valence-electron chi connectivity index (χ4n) is 1.21. The Bertz CT molecular complexity index is 291. The molecule has 0 radical (unpaired) electrons. The summed E-state index contributed by atoms with van der Waals surface area (Å²) in [6, 6.07) is 4.29. The number of carbonyl (C=O) groups is 1. The average Bonchev–Trinajstić information content (AvgIpc) is 3.05. The summed E-state index contributed by atoms with van der Waals surface area (Å²) in [6.45, 7) is 4.69. The fourth-order valence-corrected chi connectivity index (χ4v) is 1.21. The SMILES string of the molecule is CCOC=O.Cc1ccc(C2CC2)cn1. The normalized spacial score (nSPS) is 13.7. The third-order valence-electron chi connectivity index (χ3n) is 2.22. The monoisotopic (exact) mass is 207 g/mol. The lowest BCUT2D eigenvalue weighted by Crippen LogP contribution is -1.83. The van der Waals surface area contributed by atoms with Gasteiger partial charge in [-0.1, -0.05) is 6.07 Å². The summed E-state index contributed by atoms with van der Waals surface area (Å²) in [5, 5.41) is 0. The number of aryl methyl sites for hydroxylation is 1. The Morgan fingerprint density at radius 2 is 2.27 bits per heavy atom. The molecule has 3 heteroatoms. The molecule has 0 saturated heterocycles. The molecule has 1 fully saturated rings. The number of pyridine rings is 1. The maximum absolute atomic E-state index is 9.18. The molecule has 0 aromatic carbocycles. The topological polar surface area (TPSA) is 39.2 Å². The van der Waals surface area contributed by atoms with Crippen LogP contribution in [-0.2, 0) is 9.53 Å². The standard InChI is InChI=1S/C9H11N.C3H6O2/c1-7-2-3-9(6-10-7)8-4-5-8;1-2-5-3-4/h2-3,6,8H,4-5H2,1H3;3H,2H2,1H3. The van der Waals surface area contributed by atoms with E-state index in [4.69, 9.17) is 0 Å². The van der Waals surface area contributed by atoms with Crippen LogP contribution in [0, 0.1) is 6.92 Å². The van der Waals surface area contributed by atoms with E-state index in [1.165, 1.54) is 18.4 Å². The first-order valence-electron chi connectivity index (χ1n) is 5.25. The number of hydrogen-bond donors (Lipinski definition) is 0. The first kappa shape index (κ1) is 11.7. The van der Waals surface area contributed by atoms with E-state index in [1.807, 2.05) is 13.1 Å². The van der Waals surface area contributed by atoms with Crippen molar-refractivity contribution in [3.05, 3.63) is 29.6 Å². The molecule has 15 heavy (non-hydrogen) atoms. The molecule has 1 aliphatic carbocycles. The summed E-state index contributed by atoms with van der Waals surface area (Å²) < 4.78 is 4.15. The maximum Gasteiger partial charge on any atom is 0.293 e. The number of nitrogens with zero attached hydrogens (tertiary/aromatic N) is 1. The molecular weight excluding hydrogens is 190 g/mol. The van der Waals surface area contributed by atoms with Gasteiger partial charge in [0.1, 0.15) is 0 Å². The van der Waals surface area contributed by atoms with Crippen LogP contribution in [0.15, 0.2) is 18.3 Å². The van der Waals surface area contributed by atoms with Crippen LogP contribution in [-0.4, -0.2) is 18.1 Å². The third kappa shape index (κ3) is 4.58. The minimum atomic E-state index is 0.431. The zero-order valence-corrected chi connectivity index (χ0v) is 9.27. The van der Waals surface area contributed by atoms with Crippen LogP contribution in [0.25, 0.3) is 0 Å². The van der Waals surface area contributed by atoms with Crippen molar-refractivity contribution in [3.63, 3.8) is 0 Å². The molecule has 82 valence electrons. The lowest BCUT2D eigenvalue weighted by molar-refractivity contribution is -0.128. The van der Waals surface area contributed by atoms with Crippen LogP contribution < -0.4 is 0 Å². The largest absolute Gasteiger partial charge is 0.468 e. The Morgan fingerprint density at radius 1 is 1.53 bits per heavy atom. The van der Waals surface area contributed by atoms with Gasteiger partial charge in [-0.15, -0.1) is 0 Å². The Hall–Kier alpha value is -1.38. The second-order valence-corrected chi connectivity index (χ2v) is 3.56. The van der Waals surface area contributed by atoms with Crippen LogP contribution in [0.4, 0.5) is 0 Å². The molecule has 1 heterocycles.